The molecule has 0 aliphatic heterocycles. The highest BCUT2D eigenvalue weighted by atomic mass is 16.5. The standard InChI is InChI=1S/C25H21NO3/c27-24(23-12-6-8-18-7-4-5-11-22(18)23)17-26-25(28)19-13-15-21(16-14-19)29-20-9-2-1-3-10-20/h1-16,24,27H,17H2,(H,26,28). The number of nitrogens with one attached hydrogen (secondary N) is 1. The van der Waals surface area contributed by atoms with Gasteiger partial charge in [-0.05, 0) is 52.7 Å². The third-order valence-electron chi connectivity index (χ3n) is 4.73. The van der Waals surface area contributed by atoms with Crippen LogP contribution in [0, 0.1) is 0 Å². The van der Waals surface area contributed by atoms with E-state index in [1.807, 2.05) is 72.8 Å². The third kappa shape index (κ3) is 4.45. The summed E-state index contributed by atoms with van der Waals surface area (Å²) in [6, 6.07) is 30.1. The number of fused-ring (bicyclic) bond motifs is 1. The lowest BCUT2D eigenvalue weighted by Gasteiger charge is -2.15. The summed E-state index contributed by atoms with van der Waals surface area (Å²) in [5.41, 5.74) is 1.31. The van der Waals surface area contributed by atoms with Crippen LogP contribution in [0.5, 0.6) is 11.5 Å². The Hall–Kier alpha value is -3.63. The number of carbonyl (C=O) groups is 1. The van der Waals surface area contributed by atoms with Gasteiger partial charge in [-0.2, -0.15) is 0 Å². The average Bonchev–Trinajstić information content (AvgIpc) is 2.78. The lowest BCUT2D eigenvalue weighted by Crippen LogP contribution is -2.28. The molecule has 0 saturated carbocycles. The minimum atomic E-state index is -0.786. The Balaban J connectivity index is 1.39. The summed E-state index contributed by atoms with van der Waals surface area (Å²) >= 11 is 0. The molecular formula is C25H21NO3. The van der Waals surface area contributed by atoms with Crippen LogP contribution in [0.2, 0.25) is 0 Å². The first-order valence-electron chi connectivity index (χ1n) is 9.47. The number of aliphatic hydroxyl groups is 1. The quantitative estimate of drug-likeness (QED) is 0.487. The molecular weight excluding hydrogens is 362 g/mol. The number of ether oxygens (including phenoxy) is 1. The largest absolute Gasteiger partial charge is 0.457 e. The number of hydrogen-bond acceptors (Lipinski definition) is 3. The summed E-state index contributed by atoms with van der Waals surface area (Å²) in [4.78, 5) is 12.5. The maximum atomic E-state index is 12.5. The molecule has 0 radical (unpaired) electrons. The van der Waals surface area contributed by atoms with Gasteiger partial charge in [-0.25, -0.2) is 0 Å². The first-order chi connectivity index (χ1) is 14.2. The van der Waals surface area contributed by atoms with Crippen LogP contribution in [0.4, 0.5) is 0 Å². The van der Waals surface area contributed by atoms with Gasteiger partial charge in [-0.3, -0.25) is 4.79 Å². The fraction of sp³-hybridized carbons (Fsp3) is 0.0800. The van der Waals surface area contributed by atoms with Crippen LogP contribution in [0.3, 0.4) is 0 Å². The zero-order chi connectivity index (χ0) is 20.1. The van der Waals surface area contributed by atoms with Crippen molar-refractivity contribution in [2.75, 3.05) is 6.54 Å². The summed E-state index contributed by atoms with van der Waals surface area (Å²) in [7, 11) is 0. The van der Waals surface area contributed by atoms with Gasteiger partial charge in [0.05, 0.1) is 6.10 Å². The van der Waals surface area contributed by atoms with E-state index < -0.39 is 6.10 Å². The Morgan fingerprint density at radius 3 is 2.24 bits per heavy atom. The SMILES string of the molecule is O=C(NCC(O)c1cccc2ccccc12)c1ccc(Oc2ccccc2)cc1. The predicted molar refractivity (Wildman–Crippen MR) is 114 cm³/mol. The Kier molecular flexibility index (Phi) is 5.54. The smallest absolute Gasteiger partial charge is 0.251 e. The van der Waals surface area contributed by atoms with Crippen molar-refractivity contribution in [1.29, 1.82) is 0 Å². The number of benzene rings is 4. The van der Waals surface area contributed by atoms with Crippen molar-refractivity contribution in [3.05, 3.63) is 108 Å². The highest BCUT2D eigenvalue weighted by Gasteiger charge is 2.13. The number of aliphatic hydroxyl groups excluding tert-OH is 1. The zero-order valence-corrected chi connectivity index (χ0v) is 15.8. The van der Waals surface area contributed by atoms with Crippen LogP contribution in [-0.2, 0) is 0 Å². The van der Waals surface area contributed by atoms with Crippen LogP contribution in [0.25, 0.3) is 10.8 Å². The molecule has 0 fully saturated rings. The highest BCUT2D eigenvalue weighted by Crippen LogP contribution is 2.24. The lowest BCUT2D eigenvalue weighted by molar-refractivity contribution is 0.0917. The minimum absolute atomic E-state index is 0.134. The van der Waals surface area contributed by atoms with E-state index in [1.54, 1.807) is 24.3 Å². The van der Waals surface area contributed by atoms with E-state index in [-0.39, 0.29) is 12.5 Å². The molecule has 0 aliphatic rings. The fourth-order valence-electron chi connectivity index (χ4n) is 3.24. The summed E-state index contributed by atoms with van der Waals surface area (Å²) in [5, 5.41) is 15.4. The van der Waals surface area contributed by atoms with Gasteiger partial charge in [0.25, 0.3) is 5.91 Å². The van der Waals surface area contributed by atoms with Crippen molar-refractivity contribution in [3.63, 3.8) is 0 Å². The fourth-order valence-corrected chi connectivity index (χ4v) is 3.24. The lowest BCUT2D eigenvalue weighted by atomic mass is 10.0. The maximum Gasteiger partial charge on any atom is 0.251 e. The molecule has 4 heteroatoms. The van der Waals surface area contributed by atoms with Gasteiger partial charge in [-0.1, -0.05) is 60.7 Å². The normalized spacial score (nSPS) is 11.8. The van der Waals surface area contributed by atoms with Crippen LogP contribution in [0.1, 0.15) is 22.0 Å². The molecule has 0 spiro atoms. The predicted octanol–water partition coefficient (Wildman–Crippen LogP) is 5.10. The molecule has 4 aromatic rings. The van der Waals surface area contributed by atoms with E-state index in [0.717, 1.165) is 22.1 Å². The van der Waals surface area contributed by atoms with Crippen molar-refractivity contribution in [2.24, 2.45) is 0 Å². The van der Waals surface area contributed by atoms with Crippen molar-refractivity contribution in [2.45, 2.75) is 6.10 Å². The van der Waals surface area contributed by atoms with Crippen LogP contribution < -0.4 is 10.1 Å². The van der Waals surface area contributed by atoms with E-state index in [9.17, 15) is 9.90 Å². The maximum absolute atomic E-state index is 12.5. The molecule has 0 heterocycles. The number of para-hydroxylation sites is 1. The minimum Gasteiger partial charge on any atom is -0.457 e. The highest BCUT2D eigenvalue weighted by molar-refractivity contribution is 5.94. The van der Waals surface area contributed by atoms with Crippen molar-refractivity contribution < 1.29 is 14.6 Å². The second-order valence-corrected chi connectivity index (χ2v) is 6.73. The first-order valence-corrected chi connectivity index (χ1v) is 9.47. The summed E-state index contributed by atoms with van der Waals surface area (Å²) < 4.78 is 5.74. The van der Waals surface area contributed by atoms with Gasteiger partial charge in [0.15, 0.2) is 0 Å². The van der Waals surface area contributed by atoms with Gasteiger partial charge in [-0.15, -0.1) is 0 Å². The molecule has 0 aromatic heterocycles. The number of rotatable bonds is 6. The molecule has 29 heavy (non-hydrogen) atoms. The topological polar surface area (TPSA) is 58.6 Å². The number of carbonyl (C=O) groups excluding carboxylic acids is 1. The second-order valence-electron chi connectivity index (χ2n) is 6.73. The Morgan fingerprint density at radius 1 is 0.793 bits per heavy atom. The second kappa shape index (κ2) is 8.59. The van der Waals surface area contributed by atoms with Gasteiger partial charge >= 0.3 is 0 Å². The van der Waals surface area contributed by atoms with Crippen molar-refractivity contribution in [3.8, 4) is 11.5 Å². The summed E-state index contributed by atoms with van der Waals surface area (Å²) in [5.74, 6) is 1.15. The molecule has 1 atom stereocenters. The van der Waals surface area contributed by atoms with E-state index in [1.165, 1.54) is 0 Å². The van der Waals surface area contributed by atoms with Gasteiger partial charge < -0.3 is 15.2 Å². The molecule has 4 rings (SSSR count). The van der Waals surface area contributed by atoms with E-state index in [2.05, 4.69) is 5.32 Å². The van der Waals surface area contributed by atoms with Gasteiger partial charge in [0, 0.05) is 12.1 Å². The first kappa shape index (κ1) is 18.7. The van der Waals surface area contributed by atoms with Gasteiger partial charge in [0.2, 0.25) is 0 Å². The van der Waals surface area contributed by atoms with Crippen LogP contribution in [0.15, 0.2) is 97.1 Å². The summed E-state index contributed by atoms with van der Waals surface area (Å²) in [6.07, 6.45) is -0.786. The Morgan fingerprint density at radius 2 is 1.45 bits per heavy atom. The van der Waals surface area contributed by atoms with Crippen molar-refractivity contribution in [1.82, 2.24) is 5.32 Å². The van der Waals surface area contributed by atoms with E-state index in [4.69, 9.17) is 4.74 Å². The van der Waals surface area contributed by atoms with E-state index >= 15 is 0 Å². The number of hydrogen-bond donors (Lipinski definition) is 2. The zero-order valence-electron chi connectivity index (χ0n) is 15.8. The molecule has 2 N–H and O–H groups in total. The van der Waals surface area contributed by atoms with Crippen LogP contribution >= 0.6 is 0 Å². The summed E-state index contributed by atoms with van der Waals surface area (Å²) in [6.45, 7) is 0.134. The third-order valence-corrected chi connectivity index (χ3v) is 4.73. The molecule has 0 saturated heterocycles. The molecule has 0 bridgehead atoms. The van der Waals surface area contributed by atoms with Crippen molar-refractivity contribution >= 4 is 16.7 Å². The monoisotopic (exact) mass is 383 g/mol. The molecule has 1 unspecified atom stereocenters. The average molecular weight is 383 g/mol. The molecule has 144 valence electrons. The molecule has 4 aromatic carbocycles. The Labute approximate surface area is 169 Å². The molecule has 1 amide bonds. The van der Waals surface area contributed by atoms with E-state index in [0.29, 0.717) is 11.3 Å². The Bertz CT molecular complexity index is 1100. The molecule has 4 nitrogen and oxygen atoms in total. The van der Waals surface area contributed by atoms with Gasteiger partial charge in [0.1, 0.15) is 11.5 Å². The number of amides is 1. The van der Waals surface area contributed by atoms with Crippen LogP contribution in [-0.4, -0.2) is 17.6 Å². The molecule has 0 aliphatic carbocycles.